The summed E-state index contributed by atoms with van der Waals surface area (Å²) in [6, 6.07) is 20.7. The van der Waals surface area contributed by atoms with Gasteiger partial charge in [-0.2, -0.15) is 0 Å². The number of carboxylic acid groups (broad SMARTS) is 1. The fraction of sp³-hybridized carbons (Fsp3) is 0. The molecular weight excluding hydrogens is 288 g/mol. The van der Waals surface area contributed by atoms with Crippen LogP contribution < -0.4 is 0 Å². The standard InChI is InChI=1S/C10H7NO2.C9H7N/c12-10(13)8-4-3-7-2-1-5-11-9(7)6-8;1-2-6-9-8(4-1)5-3-7-10-9/h1-6H,(H,12,13);1-7H. The van der Waals surface area contributed by atoms with Gasteiger partial charge in [0.2, 0.25) is 0 Å². The summed E-state index contributed by atoms with van der Waals surface area (Å²) >= 11 is 0. The molecule has 4 rings (SSSR count). The first kappa shape index (κ1) is 14.7. The minimum absolute atomic E-state index is 0.270. The molecule has 0 aliphatic heterocycles. The second kappa shape index (κ2) is 6.66. The number of nitrogens with zero attached hydrogens (tertiary/aromatic N) is 2. The van der Waals surface area contributed by atoms with Gasteiger partial charge in [0.1, 0.15) is 0 Å². The molecule has 0 aliphatic carbocycles. The van der Waals surface area contributed by atoms with Gasteiger partial charge in [0.05, 0.1) is 16.6 Å². The minimum atomic E-state index is -0.924. The van der Waals surface area contributed by atoms with Gasteiger partial charge >= 0.3 is 5.97 Å². The smallest absolute Gasteiger partial charge is 0.335 e. The fourth-order valence-electron chi connectivity index (χ4n) is 2.22. The Morgan fingerprint density at radius 1 is 0.739 bits per heavy atom. The summed E-state index contributed by atoms with van der Waals surface area (Å²) in [6.45, 7) is 0. The van der Waals surface area contributed by atoms with E-state index in [4.69, 9.17) is 5.11 Å². The summed E-state index contributed by atoms with van der Waals surface area (Å²) in [5.41, 5.74) is 2.04. The van der Waals surface area contributed by atoms with Gasteiger partial charge in [0, 0.05) is 23.2 Å². The second-order valence-corrected chi connectivity index (χ2v) is 4.91. The highest BCUT2D eigenvalue weighted by atomic mass is 16.4. The van der Waals surface area contributed by atoms with Crippen LogP contribution in [0.15, 0.2) is 79.1 Å². The lowest BCUT2D eigenvalue weighted by atomic mass is 10.1. The number of carbonyl (C=O) groups is 1. The topological polar surface area (TPSA) is 63.1 Å². The summed E-state index contributed by atoms with van der Waals surface area (Å²) in [6.07, 6.45) is 3.45. The molecule has 0 bridgehead atoms. The SMILES string of the molecule is O=C(O)c1ccc2cccnc2c1.c1ccc2ncccc2c1. The van der Waals surface area contributed by atoms with Crippen LogP contribution in [0, 0.1) is 0 Å². The molecule has 2 aromatic carbocycles. The summed E-state index contributed by atoms with van der Waals surface area (Å²) < 4.78 is 0. The Kier molecular flexibility index (Phi) is 4.25. The normalized spacial score (nSPS) is 10.1. The molecule has 4 heteroatoms. The number of hydrogen-bond acceptors (Lipinski definition) is 3. The number of carboxylic acids is 1. The van der Waals surface area contributed by atoms with Crippen molar-refractivity contribution in [3.8, 4) is 0 Å². The quantitative estimate of drug-likeness (QED) is 0.573. The van der Waals surface area contributed by atoms with Crippen LogP contribution in [0.5, 0.6) is 0 Å². The first-order chi connectivity index (χ1) is 11.2. The molecule has 2 heterocycles. The van der Waals surface area contributed by atoms with E-state index >= 15 is 0 Å². The zero-order valence-corrected chi connectivity index (χ0v) is 12.3. The Bertz CT molecular complexity index is 902. The van der Waals surface area contributed by atoms with Crippen LogP contribution in [0.25, 0.3) is 21.8 Å². The number of benzene rings is 2. The molecule has 0 saturated heterocycles. The van der Waals surface area contributed by atoms with Crippen LogP contribution in [-0.2, 0) is 0 Å². The second-order valence-electron chi connectivity index (χ2n) is 4.91. The highest BCUT2D eigenvalue weighted by Crippen LogP contribution is 2.12. The number of pyridine rings is 2. The van der Waals surface area contributed by atoms with Crippen LogP contribution in [0.3, 0.4) is 0 Å². The molecule has 4 aromatic rings. The van der Waals surface area contributed by atoms with E-state index in [1.165, 1.54) is 5.39 Å². The number of aromatic carboxylic acids is 1. The lowest BCUT2D eigenvalue weighted by Crippen LogP contribution is -1.95. The molecule has 0 aliphatic rings. The predicted octanol–water partition coefficient (Wildman–Crippen LogP) is 4.17. The molecule has 0 amide bonds. The molecule has 0 spiro atoms. The van der Waals surface area contributed by atoms with Crippen molar-refractivity contribution >= 4 is 27.8 Å². The maximum atomic E-state index is 10.6. The van der Waals surface area contributed by atoms with Gasteiger partial charge < -0.3 is 5.11 Å². The first-order valence-electron chi connectivity index (χ1n) is 7.12. The maximum Gasteiger partial charge on any atom is 0.335 e. The average molecular weight is 302 g/mol. The average Bonchev–Trinajstić information content (AvgIpc) is 2.62. The zero-order chi connectivity index (χ0) is 16.1. The Labute approximate surface area is 133 Å². The van der Waals surface area contributed by atoms with E-state index in [1.807, 2.05) is 42.6 Å². The van der Waals surface area contributed by atoms with Crippen molar-refractivity contribution in [2.45, 2.75) is 0 Å². The Morgan fingerprint density at radius 3 is 2.04 bits per heavy atom. The van der Waals surface area contributed by atoms with E-state index in [9.17, 15) is 4.79 Å². The summed E-state index contributed by atoms with van der Waals surface area (Å²) in [4.78, 5) is 18.9. The third-order valence-electron chi connectivity index (χ3n) is 3.37. The zero-order valence-electron chi connectivity index (χ0n) is 12.3. The summed E-state index contributed by atoms with van der Waals surface area (Å²) in [7, 11) is 0. The van der Waals surface area contributed by atoms with Crippen LogP contribution >= 0.6 is 0 Å². The monoisotopic (exact) mass is 302 g/mol. The Hall–Kier alpha value is -3.27. The number of aromatic nitrogens is 2. The van der Waals surface area contributed by atoms with Crippen molar-refractivity contribution < 1.29 is 9.90 Å². The van der Waals surface area contributed by atoms with Crippen LogP contribution in [0.2, 0.25) is 0 Å². The van der Waals surface area contributed by atoms with Crippen LogP contribution in [0.4, 0.5) is 0 Å². The Morgan fingerprint density at radius 2 is 1.35 bits per heavy atom. The van der Waals surface area contributed by atoms with Crippen molar-refractivity contribution in [3.05, 3.63) is 84.7 Å². The Balaban J connectivity index is 0.000000140. The van der Waals surface area contributed by atoms with Gasteiger partial charge in [0.25, 0.3) is 0 Å². The molecule has 112 valence electrons. The molecular formula is C19H14N2O2. The number of para-hydroxylation sites is 1. The van der Waals surface area contributed by atoms with Gasteiger partial charge in [-0.1, -0.05) is 36.4 Å². The van der Waals surface area contributed by atoms with E-state index in [-0.39, 0.29) is 5.56 Å². The maximum absolute atomic E-state index is 10.6. The van der Waals surface area contributed by atoms with E-state index < -0.39 is 5.97 Å². The first-order valence-corrected chi connectivity index (χ1v) is 7.12. The predicted molar refractivity (Wildman–Crippen MR) is 90.4 cm³/mol. The highest BCUT2D eigenvalue weighted by molar-refractivity contribution is 5.92. The van der Waals surface area contributed by atoms with E-state index in [0.29, 0.717) is 5.52 Å². The molecule has 0 unspecified atom stereocenters. The fourth-order valence-corrected chi connectivity index (χ4v) is 2.22. The minimum Gasteiger partial charge on any atom is -0.478 e. The number of hydrogen-bond donors (Lipinski definition) is 1. The third-order valence-corrected chi connectivity index (χ3v) is 3.37. The molecule has 0 fully saturated rings. The van der Waals surface area contributed by atoms with Gasteiger partial charge in [-0.3, -0.25) is 9.97 Å². The van der Waals surface area contributed by atoms with Crippen molar-refractivity contribution in [2.24, 2.45) is 0 Å². The number of rotatable bonds is 1. The molecule has 23 heavy (non-hydrogen) atoms. The van der Waals surface area contributed by atoms with Crippen molar-refractivity contribution in [1.82, 2.24) is 9.97 Å². The van der Waals surface area contributed by atoms with Gasteiger partial charge in [0.15, 0.2) is 0 Å². The lowest BCUT2D eigenvalue weighted by Gasteiger charge is -1.97. The number of fused-ring (bicyclic) bond motifs is 2. The lowest BCUT2D eigenvalue weighted by molar-refractivity contribution is 0.0697. The molecule has 0 saturated carbocycles. The van der Waals surface area contributed by atoms with Gasteiger partial charge in [-0.05, 0) is 30.3 Å². The van der Waals surface area contributed by atoms with Crippen molar-refractivity contribution in [2.75, 3.05) is 0 Å². The van der Waals surface area contributed by atoms with Crippen molar-refractivity contribution in [3.63, 3.8) is 0 Å². The van der Waals surface area contributed by atoms with Gasteiger partial charge in [-0.25, -0.2) is 4.79 Å². The van der Waals surface area contributed by atoms with E-state index in [1.54, 1.807) is 24.4 Å². The third kappa shape index (κ3) is 3.49. The molecule has 4 nitrogen and oxygen atoms in total. The highest BCUT2D eigenvalue weighted by Gasteiger charge is 2.02. The van der Waals surface area contributed by atoms with Crippen molar-refractivity contribution in [1.29, 1.82) is 0 Å². The molecule has 0 atom stereocenters. The largest absolute Gasteiger partial charge is 0.478 e. The summed E-state index contributed by atoms with van der Waals surface area (Å²) in [5, 5.41) is 10.9. The van der Waals surface area contributed by atoms with E-state index in [2.05, 4.69) is 22.1 Å². The summed E-state index contributed by atoms with van der Waals surface area (Å²) in [5.74, 6) is -0.924. The van der Waals surface area contributed by atoms with Crippen LogP contribution in [0.1, 0.15) is 10.4 Å². The molecule has 2 aromatic heterocycles. The molecule has 1 N–H and O–H groups in total. The van der Waals surface area contributed by atoms with Crippen LogP contribution in [-0.4, -0.2) is 21.0 Å². The van der Waals surface area contributed by atoms with Gasteiger partial charge in [-0.15, -0.1) is 0 Å². The van der Waals surface area contributed by atoms with E-state index in [0.717, 1.165) is 10.9 Å². The molecule has 0 radical (unpaired) electrons.